The van der Waals surface area contributed by atoms with E-state index in [2.05, 4.69) is 55.2 Å². The molecular formula is C17H29N3. The Labute approximate surface area is 123 Å². The van der Waals surface area contributed by atoms with Crippen LogP contribution in [0.25, 0.3) is 0 Å². The highest BCUT2D eigenvalue weighted by Gasteiger charge is 2.24. The van der Waals surface area contributed by atoms with Crippen LogP contribution < -0.4 is 5.73 Å². The summed E-state index contributed by atoms with van der Waals surface area (Å²) in [5.74, 6) is 0.812. The van der Waals surface area contributed by atoms with Crippen molar-refractivity contribution < 1.29 is 0 Å². The second kappa shape index (κ2) is 7.21. The fraction of sp³-hybridized carbons (Fsp3) is 0.647. The summed E-state index contributed by atoms with van der Waals surface area (Å²) >= 11 is 0. The standard InChI is InChI=1S/C17H29N3/c1-19(2)10-5-11-20(3)17(13-18)16-7-4-6-15(12-16)14-8-9-14/h4,6-7,12,14,17H,5,8-11,13,18H2,1-3H3. The van der Waals surface area contributed by atoms with Crippen LogP contribution in [0.15, 0.2) is 24.3 Å². The molecule has 2 rings (SSSR count). The van der Waals surface area contributed by atoms with E-state index in [0.717, 1.165) is 19.0 Å². The molecular weight excluding hydrogens is 246 g/mol. The summed E-state index contributed by atoms with van der Waals surface area (Å²) in [5.41, 5.74) is 8.91. The molecule has 1 aromatic carbocycles. The van der Waals surface area contributed by atoms with Crippen LogP contribution in [0.1, 0.15) is 42.3 Å². The van der Waals surface area contributed by atoms with Crippen molar-refractivity contribution in [3.8, 4) is 0 Å². The number of benzene rings is 1. The molecule has 0 aliphatic heterocycles. The predicted octanol–water partition coefficient (Wildman–Crippen LogP) is 2.45. The lowest BCUT2D eigenvalue weighted by Gasteiger charge is -2.28. The summed E-state index contributed by atoms with van der Waals surface area (Å²) in [4.78, 5) is 4.63. The van der Waals surface area contributed by atoms with Gasteiger partial charge in [0.1, 0.15) is 0 Å². The SMILES string of the molecule is CN(C)CCCN(C)C(CN)c1cccc(C2CC2)c1. The minimum atomic E-state index is 0.343. The molecule has 20 heavy (non-hydrogen) atoms. The van der Waals surface area contributed by atoms with E-state index in [1.165, 1.54) is 30.4 Å². The van der Waals surface area contributed by atoms with Crippen molar-refractivity contribution in [3.05, 3.63) is 35.4 Å². The van der Waals surface area contributed by atoms with Gasteiger partial charge in [-0.15, -0.1) is 0 Å². The number of rotatable bonds is 8. The van der Waals surface area contributed by atoms with Crippen LogP contribution in [0.3, 0.4) is 0 Å². The molecule has 0 heterocycles. The Morgan fingerprint density at radius 1 is 1.20 bits per heavy atom. The third kappa shape index (κ3) is 4.30. The zero-order valence-electron chi connectivity index (χ0n) is 13.2. The van der Waals surface area contributed by atoms with Crippen molar-refractivity contribution in [1.29, 1.82) is 0 Å². The Bertz CT molecular complexity index is 412. The molecule has 1 aromatic rings. The highest BCUT2D eigenvalue weighted by Crippen LogP contribution is 2.40. The van der Waals surface area contributed by atoms with Crippen LogP contribution in [0, 0.1) is 0 Å². The average molecular weight is 275 g/mol. The van der Waals surface area contributed by atoms with E-state index in [1.54, 1.807) is 0 Å². The Morgan fingerprint density at radius 2 is 1.95 bits per heavy atom. The fourth-order valence-electron chi connectivity index (χ4n) is 2.80. The first-order chi connectivity index (χ1) is 9.61. The lowest BCUT2D eigenvalue weighted by atomic mass is 10.0. The second-order valence-corrected chi connectivity index (χ2v) is 6.33. The van der Waals surface area contributed by atoms with Gasteiger partial charge in [-0.3, -0.25) is 4.90 Å². The van der Waals surface area contributed by atoms with Crippen LogP contribution in [0.5, 0.6) is 0 Å². The highest BCUT2D eigenvalue weighted by molar-refractivity contribution is 5.31. The molecule has 0 amide bonds. The Kier molecular flexibility index (Phi) is 5.58. The Hall–Kier alpha value is -0.900. The Balaban J connectivity index is 1.97. The minimum absolute atomic E-state index is 0.343. The van der Waals surface area contributed by atoms with Crippen LogP contribution in [-0.2, 0) is 0 Å². The normalized spacial score (nSPS) is 16.9. The zero-order chi connectivity index (χ0) is 14.5. The van der Waals surface area contributed by atoms with Crippen molar-refractivity contribution >= 4 is 0 Å². The van der Waals surface area contributed by atoms with Crippen LogP contribution >= 0.6 is 0 Å². The lowest BCUT2D eigenvalue weighted by Crippen LogP contribution is -2.32. The van der Waals surface area contributed by atoms with Crippen LogP contribution in [0.4, 0.5) is 0 Å². The van der Waals surface area contributed by atoms with E-state index in [9.17, 15) is 0 Å². The average Bonchev–Trinajstić information content (AvgIpc) is 3.24. The maximum Gasteiger partial charge on any atom is 0.0467 e. The van der Waals surface area contributed by atoms with Crippen LogP contribution in [-0.4, -0.2) is 50.6 Å². The summed E-state index contributed by atoms with van der Waals surface area (Å²) in [6.07, 6.45) is 3.90. The Morgan fingerprint density at radius 3 is 2.55 bits per heavy atom. The van der Waals surface area contributed by atoms with Gasteiger partial charge in [0.25, 0.3) is 0 Å². The van der Waals surface area contributed by atoms with Gasteiger partial charge < -0.3 is 10.6 Å². The molecule has 1 aliphatic carbocycles. The summed E-state index contributed by atoms with van der Waals surface area (Å²) in [5, 5.41) is 0. The molecule has 0 aromatic heterocycles. The minimum Gasteiger partial charge on any atom is -0.329 e. The van der Waals surface area contributed by atoms with Gasteiger partial charge in [0, 0.05) is 12.6 Å². The summed E-state index contributed by atoms with van der Waals surface area (Å²) < 4.78 is 0. The molecule has 0 saturated heterocycles. The summed E-state index contributed by atoms with van der Waals surface area (Å²) in [6, 6.07) is 9.40. The molecule has 1 unspecified atom stereocenters. The first-order valence-corrected chi connectivity index (χ1v) is 7.76. The molecule has 0 radical (unpaired) electrons. The third-order valence-electron chi connectivity index (χ3n) is 4.22. The van der Waals surface area contributed by atoms with E-state index in [-0.39, 0.29) is 0 Å². The molecule has 1 aliphatic rings. The molecule has 1 saturated carbocycles. The summed E-state index contributed by atoms with van der Waals surface area (Å²) in [7, 11) is 6.44. The largest absolute Gasteiger partial charge is 0.329 e. The molecule has 0 bridgehead atoms. The lowest BCUT2D eigenvalue weighted by molar-refractivity contribution is 0.235. The smallest absolute Gasteiger partial charge is 0.0467 e. The number of nitrogens with zero attached hydrogens (tertiary/aromatic N) is 2. The number of likely N-dealkylation sites (N-methyl/N-ethyl adjacent to an activating group) is 1. The first kappa shape index (κ1) is 15.5. The van der Waals surface area contributed by atoms with Gasteiger partial charge in [0.05, 0.1) is 0 Å². The van der Waals surface area contributed by atoms with E-state index in [0.29, 0.717) is 12.6 Å². The van der Waals surface area contributed by atoms with Gasteiger partial charge in [-0.1, -0.05) is 24.3 Å². The topological polar surface area (TPSA) is 32.5 Å². The van der Waals surface area contributed by atoms with E-state index >= 15 is 0 Å². The molecule has 1 atom stereocenters. The van der Waals surface area contributed by atoms with Gasteiger partial charge in [-0.2, -0.15) is 0 Å². The van der Waals surface area contributed by atoms with Crippen molar-refractivity contribution in [2.45, 2.75) is 31.2 Å². The maximum absolute atomic E-state index is 6.03. The zero-order valence-corrected chi connectivity index (χ0v) is 13.2. The molecule has 3 heteroatoms. The van der Waals surface area contributed by atoms with Crippen molar-refractivity contribution in [3.63, 3.8) is 0 Å². The van der Waals surface area contributed by atoms with Crippen molar-refractivity contribution in [2.24, 2.45) is 5.73 Å². The fourth-order valence-corrected chi connectivity index (χ4v) is 2.80. The maximum atomic E-state index is 6.03. The van der Waals surface area contributed by atoms with E-state index in [1.807, 2.05) is 0 Å². The molecule has 112 valence electrons. The molecule has 1 fully saturated rings. The molecule has 0 spiro atoms. The van der Waals surface area contributed by atoms with Crippen molar-refractivity contribution in [2.75, 3.05) is 40.8 Å². The number of nitrogens with two attached hydrogens (primary N) is 1. The van der Waals surface area contributed by atoms with Gasteiger partial charge >= 0.3 is 0 Å². The quantitative estimate of drug-likeness (QED) is 0.791. The van der Waals surface area contributed by atoms with Crippen molar-refractivity contribution in [1.82, 2.24) is 9.80 Å². The molecule has 2 N–H and O–H groups in total. The summed E-state index contributed by atoms with van der Waals surface area (Å²) in [6.45, 7) is 2.91. The van der Waals surface area contributed by atoms with E-state index in [4.69, 9.17) is 5.73 Å². The predicted molar refractivity (Wildman–Crippen MR) is 86.0 cm³/mol. The van der Waals surface area contributed by atoms with Gasteiger partial charge in [0.2, 0.25) is 0 Å². The molecule has 3 nitrogen and oxygen atoms in total. The van der Waals surface area contributed by atoms with Gasteiger partial charge in [-0.05, 0) is 70.5 Å². The third-order valence-corrected chi connectivity index (χ3v) is 4.22. The van der Waals surface area contributed by atoms with E-state index < -0.39 is 0 Å². The first-order valence-electron chi connectivity index (χ1n) is 7.76. The van der Waals surface area contributed by atoms with Gasteiger partial charge in [-0.25, -0.2) is 0 Å². The number of hydrogen-bond acceptors (Lipinski definition) is 3. The number of hydrogen-bond donors (Lipinski definition) is 1. The van der Waals surface area contributed by atoms with Gasteiger partial charge in [0.15, 0.2) is 0 Å². The highest BCUT2D eigenvalue weighted by atomic mass is 15.1. The monoisotopic (exact) mass is 275 g/mol. The second-order valence-electron chi connectivity index (χ2n) is 6.33. The van der Waals surface area contributed by atoms with Crippen LogP contribution in [0.2, 0.25) is 0 Å².